The molecule has 1 aromatic rings. The molecule has 1 aromatic carbocycles. The van der Waals surface area contributed by atoms with E-state index in [4.69, 9.17) is 0 Å². The molecule has 1 atom stereocenters. The Hall–Kier alpha value is -2.17. The van der Waals surface area contributed by atoms with Crippen molar-refractivity contribution in [2.24, 2.45) is 5.92 Å². The highest BCUT2D eigenvalue weighted by atomic mass is 16.4. The number of rotatable bonds is 1. The predicted molar refractivity (Wildman–Crippen MR) is 52.7 cm³/mol. The normalized spacial score (nSPS) is 19.6. The van der Waals surface area contributed by atoms with Crippen LogP contribution in [-0.4, -0.2) is 24.7 Å². The monoisotopic (exact) mass is 218 g/mol. The Balaban J connectivity index is 2.60. The van der Waals surface area contributed by atoms with E-state index in [1.807, 2.05) is 0 Å². The number of fused-ring (bicyclic) bond motifs is 1. The van der Waals surface area contributed by atoms with Gasteiger partial charge in [-0.15, -0.1) is 0 Å². The van der Waals surface area contributed by atoms with E-state index in [0.29, 0.717) is 5.69 Å². The second kappa shape index (κ2) is 3.44. The molecule has 0 bridgehead atoms. The van der Waals surface area contributed by atoms with Crippen molar-refractivity contribution in [3.8, 4) is 0 Å². The number of carboxylic acid groups (broad SMARTS) is 1. The standard InChI is InChI=1S/C11H9NO4/c1-12-7-5-3-2-4-6(7)9(13)8(10(12)14)11(15)16/h2-5,8H,1H3,(H,15,16)/p-1/t8-/m0/s1. The van der Waals surface area contributed by atoms with Crippen molar-refractivity contribution in [2.45, 2.75) is 0 Å². The van der Waals surface area contributed by atoms with Crippen molar-refractivity contribution in [2.75, 3.05) is 11.9 Å². The summed E-state index contributed by atoms with van der Waals surface area (Å²) in [6.45, 7) is 0. The van der Waals surface area contributed by atoms with Gasteiger partial charge in [-0.2, -0.15) is 0 Å². The number of ketones is 1. The number of benzene rings is 1. The summed E-state index contributed by atoms with van der Waals surface area (Å²) in [6.07, 6.45) is 0. The van der Waals surface area contributed by atoms with E-state index in [1.54, 1.807) is 18.2 Å². The number of aliphatic carboxylic acids is 1. The molecule has 0 unspecified atom stereocenters. The van der Waals surface area contributed by atoms with Crippen molar-refractivity contribution >= 4 is 23.3 Å². The van der Waals surface area contributed by atoms with Crippen LogP contribution in [0, 0.1) is 5.92 Å². The van der Waals surface area contributed by atoms with E-state index >= 15 is 0 Å². The molecule has 5 nitrogen and oxygen atoms in total. The largest absolute Gasteiger partial charge is 0.549 e. The number of para-hydroxylation sites is 1. The van der Waals surface area contributed by atoms with Gasteiger partial charge in [-0.05, 0) is 12.1 Å². The van der Waals surface area contributed by atoms with Crippen molar-refractivity contribution < 1.29 is 19.5 Å². The Bertz CT molecular complexity index is 495. The highest BCUT2D eigenvalue weighted by Crippen LogP contribution is 2.28. The zero-order chi connectivity index (χ0) is 11.9. The zero-order valence-electron chi connectivity index (χ0n) is 8.47. The van der Waals surface area contributed by atoms with Gasteiger partial charge in [0.15, 0.2) is 5.78 Å². The first-order valence-electron chi connectivity index (χ1n) is 4.65. The molecule has 0 saturated heterocycles. The summed E-state index contributed by atoms with van der Waals surface area (Å²) < 4.78 is 0. The molecule has 82 valence electrons. The molecule has 0 aromatic heterocycles. The van der Waals surface area contributed by atoms with Crippen LogP contribution in [0.1, 0.15) is 10.4 Å². The molecule has 1 heterocycles. The van der Waals surface area contributed by atoms with E-state index in [-0.39, 0.29) is 5.56 Å². The lowest BCUT2D eigenvalue weighted by Gasteiger charge is -2.30. The van der Waals surface area contributed by atoms with Crippen molar-refractivity contribution in [1.82, 2.24) is 0 Å². The van der Waals surface area contributed by atoms with E-state index in [9.17, 15) is 19.5 Å². The molecule has 1 aliphatic heterocycles. The predicted octanol–water partition coefficient (Wildman–Crippen LogP) is -0.788. The van der Waals surface area contributed by atoms with Gasteiger partial charge in [-0.25, -0.2) is 0 Å². The van der Waals surface area contributed by atoms with E-state index in [2.05, 4.69) is 0 Å². The zero-order valence-corrected chi connectivity index (χ0v) is 8.47. The number of carboxylic acids is 1. The highest BCUT2D eigenvalue weighted by Gasteiger charge is 2.38. The van der Waals surface area contributed by atoms with Gasteiger partial charge in [0.2, 0.25) is 5.91 Å². The Morgan fingerprint density at radius 1 is 1.31 bits per heavy atom. The molecule has 0 radical (unpaired) electrons. The summed E-state index contributed by atoms with van der Waals surface area (Å²) in [7, 11) is 1.43. The van der Waals surface area contributed by atoms with Crippen LogP contribution in [0.25, 0.3) is 0 Å². The van der Waals surface area contributed by atoms with Gasteiger partial charge in [-0.1, -0.05) is 12.1 Å². The van der Waals surface area contributed by atoms with Crippen LogP contribution < -0.4 is 10.0 Å². The Kier molecular flexibility index (Phi) is 2.23. The molecule has 0 N–H and O–H groups in total. The van der Waals surface area contributed by atoms with Gasteiger partial charge in [0.05, 0.1) is 11.7 Å². The van der Waals surface area contributed by atoms with E-state index in [0.717, 1.165) is 4.90 Å². The first-order valence-corrected chi connectivity index (χ1v) is 4.65. The van der Waals surface area contributed by atoms with Crippen LogP contribution in [0.15, 0.2) is 24.3 Å². The van der Waals surface area contributed by atoms with E-state index < -0.39 is 23.6 Å². The molecule has 0 saturated carbocycles. The van der Waals surface area contributed by atoms with Crippen LogP contribution in [-0.2, 0) is 9.59 Å². The summed E-state index contributed by atoms with van der Waals surface area (Å²) in [5, 5.41) is 10.8. The lowest BCUT2D eigenvalue weighted by Crippen LogP contribution is -2.50. The van der Waals surface area contributed by atoms with Gasteiger partial charge < -0.3 is 14.8 Å². The van der Waals surface area contributed by atoms with Gasteiger partial charge in [0.1, 0.15) is 5.92 Å². The molecule has 16 heavy (non-hydrogen) atoms. The fourth-order valence-corrected chi connectivity index (χ4v) is 1.76. The summed E-state index contributed by atoms with van der Waals surface area (Å²) in [5.41, 5.74) is 0.661. The molecule has 2 rings (SSSR count). The summed E-state index contributed by atoms with van der Waals surface area (Å²) in [6, 6.07) is 6.38. The molecule has 5 heteroatoms. The van der Waals surface area contributed by atoms with Crippen molar-refractivity contribution in [1.29, 1.82) is 0 Å². The lowest BCUT2D eigenvalue weighted by atomic mass is 9.91. The molecule has 0 spiro atoms. The maximum atomic E-state index is 11.7. The van der Waals surface area contributed by atoms with Crippen LogP contribution in [0.5, 0.6) is 0 Å². The second-order valence-electron chi connectivity index (χ2n) is 3.53. The van der Waals surface area contributed by atoms with Crippen LogP contribution in [0.3, 0.4) is 0 Å². The summed E-state index contributed by atoms with van der Waals surface area (Å²) >= 11 is 0. The van der Waals surface area contributed by atoms with Crippen molar-refractivity contribution in [3.63, 3.8) is 0 Å². The quantitative estimate of drug-likeness (QED) is 0.579. The second-order valence-corrected chi connectivity index (χ2v) is 3.53. The van der Waals surface area contributed by atoms with Crippen LogP contribution in [0.4, 0.5) is 5.69 Å². The molecular weight excluding hydrogens is 210 g/mol. The Labute approximate surface area is 91.3 Å². The van der Waals surface area contributed by atoms with Gasteiger partial charge in [0.25, 0.3) is 0 Å². The smallest absolute Gasteiger partial charge is 0.243 e. The van der Waals surface area contributed by atoms with Gasteiger partial charge in [-0.3, -0.25) is 9.59 Å². The van der Waals surface area contributed by atoms with Gasteiger partial charge >= 0.3 is 0 Å². The maximum Gasteiger partial charge on any atom is 0.243 e. The third-order valence-corrected chi connectivity index (χ3v) is 2.61. The third kappa shape index (κ3) is 1.29. The van der Waals surface area contributed by atoms with Crippen LogP contribution in [0.2, 0.25) is 0 Å². The Morgan fingerprint density at radius 3 is 2.56 bits per heavy atom. The molecule has 0 fully saturated rings. The first kappa shape index (κ1) is 10.4. The number of anilines is 1. The fourth-order valence-electron chi connectivity index (χ4n) is 1.76. The topological polar surface area (TPSA) is 77.5 Å². The average molecular weight is 218 g/mol. The number of carbonyl (C=O) groups is 3. The fraction of sp³-hybridized carbons (Fsp3) is 0.182. The number of Topliss-reactive ketones (excluding diaryl/α,β-unsaturated/α-hetero) is 1. The molecule has 1 aliphatic rings. The number of hydrogen-bond donors (Lipinski definition) is 0. The summed E-state index contributed by atoms with van der Waals surface area (Å²) in [5.74, 6) is -4.85. The van der Waals surface area contributed by atoms with Crippen molar-refractivity contribution in [3.05, 3.63) is 29.8 Å². The number of amides is 1. The molecule has 1 amide bonds. The lowest BCUT2D eigenvalue weighted by molar-refractivity contribution is -0.307. The minimum atomic E-state index is -1.72. The maximum absolute atomic E-state index is 11.7. The first-order chi connectivity index (χ1) is 7.54. The van der Waals surface area contributed by atoms with Crippen LogP contribution >= 0.6 is 0 Å². The third-order valence-electron chi connectivity index (χ3n) is 2.61. The summed E-state index contributed by atoms with van der Waals surface area (Å²) in [4.78, 5) is 35.3. The number of hydrogen-bond acceptors (Lipinski definition) is 4. The van der Waals surface area contributed by atoms with Gasteiger partial charge in [0, 0.05) is 12.6 Å². The SMILES string of the molecule is CN1C(=O)[C@@H](C(=O)[O-])C(=O)c2ccccc21. The molecule has 0 aliphatic carbocycles. The minimum Gasteiger partial charge on any atom is -0.549 e. The number of carbonyl (C=O) groups excluding carboxylic acids is 3. The number of nitrogens with zero attached hydrogens (tertiary/aromatic N) is 1. The highest BCUT2D eigenvalue weighted by molar-refractivity contribution is 6.29. The average Bonchev–Trinajstić information content (AvgIpc) is 2.26. The Morgan fingerprint density at radius 2 is 1.94 bits per heavy atom. The van der Waals surface area contributed by atoms with E-state index in [1.165, 1.54) is 13.1 Å². The molecular formula is C11H8NO4-. The minimum absolute atomic E-state index is 0.235.